The van der Waals surface area contributed by atoms with E-state index in [0.29, 0.717) is 11.5 Å². The smallest absolute Gasteiger partial charge is 0.279 e. The van der Waals surface area contributed by atoms with E-state index in [4.69, 9.17) is 9.47 Å². The van der Waals surface area contributed by atoms with Crippen molar-refractivity contribution in [2.24, 2.45) is 0 Å². The van der Waals surface area contributed by atoms with E-state index in [9.17, 15) is 9.59 Å². The minimum Gasteiger partial charge on any atom is -0.481 e. The molecule has 2 rings (SSSR count). The Hall–Kier alpha value is -2.54. The van der Waals surface area contributed by atoms with Crippen molar-refractivity contribution in [2.75, 3.05) is 0 Å². The maximum absolute atomic E-state index is 12.1. The molecule has 0 aromatic heterocycles. The van der Waals surface area contributed by atoms with E-state index in [-0.39, 0.29) is 0 Å². The van der Waals surface area contributed by atoms with Gasteiger partial charge in [-0.25, -0.2) is 0 Å². The van der Waals surface area contributed by atoms with Gasteiger partial charge in [0.25, 0.3) is 11.8 Å². The van der Waals surface area contributed by atoms with E-state index >= 15 is 0 Å². The van der Waals surface area contributed by atoms with Crippen molar-refractivity contribution in [3.63, 3.8) is 0 Å². The molecule has 0 spiro atoms. The molecule has 2 N–H and O–H groups in total. The number of benzene rings is 2. The topological polar surface area (TPSA) is 76.7 Å². The Morgan fingerprint density at radius 1 is 0.885 bits per heavy atom. The van der Waals surface area contributed by atoms with Crippen molar-refractivity contribution in [2.45, 2.75) is 33.0 Å². The third-order valence-electron chi connectivity index (χ3n) is 3.46. The molecule has 7 heteroatoms. The van der Waals surface area contributed by atoms with Gasteiger partial charge < -0.3 is 9.47 Å². The summed E-state index contributed by atoms with van der Waals surface area (Å²) in [6.45, 7) is 5.13. The number of hydrazine groups is 1. The fraction of sp³-hybridized carbons (Fsp3) is 0.263. The molecule has 26 heavy (non-hydrogen) atoms. The highest BCUT2D eigenvalue weighted by Gasteiger charge is 2.19. The zero-order chi connectivity index (χ0) is 19.1. The normalized spacial score (nSPS) is 12.6. The Balaban J connectivity index is 1.80. The molecule has 2 unspecified atom stereocenters. The van der Waals surface area contributed by atoms with Crippen LogP contribution in [0.25, 0.3) is 0 Å². The van der Waals surface area contributed by atoms with Crippen molar-refractivity contribution < 1.29 is 19.1 Å². The Bertz CT molecular complexity index is 716. The first-order valence-corrected chi connectivity index (χ1v) is 8.89. The maximum Gasteiger partial charge on any atom is 0.279 e. The first-order valence-electron chi connectivity index (χ1n) is 8.10. The van der Waals surface area contributed by atoms with Crippen LogP contribution in [-0.4, -0.2) is 24.0 Å². The van der Waals surface area contributed by atoms with Crippen LogP contribution >= 0.6 is 15.9 Å². The second-order valence-corrected chi connectivity index (χ2v) is 6.69. The Labute approximate surface area is 161 Å². The number of nitrogens with one attached hydrogen (secondary N) is 2. The third-order valence-corrected chi connectivity index (χ3v) is 3.95. The zero-order valence-corrected chi connectivity index (χ0v) is 16.4. The number of hydrogen-bond donors (Lipinski definition) is 2. The second kappa shape index (κ2) is 9.24. The SMILES string of the molecule is Cc1cccc(OC(C)C(=O)NNC(=O)C(C)Oc2cccc(Br)c2)c1. The highest BCUT2D eigenvalue weighted by atomic mass is 79.9. The van der Waals surface area contributed by atoms with Crippen LogP contribution in [0.5, 0.6) is 11.5 Å². The van der Waals surface area contributed by atoms with E-state index in [1.165, 1.54) is 0 Å². The zero-order valence-electron chi connectivity index (χ0n) is 14.8. The van der Waals surface area contributed by atoms with Gasteiger partial charge in [-0.3, -0.25) is 20.4 Å². The summed E-state index contributed by atoms with van der Waals surface area (Å²) in [6, 6.07) is 14.5. The number of amides is 2. The minimum atomic E-state index is -0.780. The van der Waals surface area contributed by atoms with Crippen molar-refractivity contribution >= 4 is 27.7 Å². The lowest BCUT2D eigenvalue weighted by molar-refractivity contribution is -0.135. The summed E-state index contributed by atoms with van der Waals surface area (Å²) in [7, 11) is 0. The fourth-order valence-corrected chi connectivity index (χ4v) is 2.45. The van der Waals surface area contributed by atoms with Gasteiger partial charge in [-0.2, -0.15) is 0 Å². The quantitative estimate of drug-likeness (QED) is 0.703. The molecule has 0 aliphatic rings. The molecule has 2 aromatic carbocycles. The molecule has 2 amide bonds. The second-order valence-electron chi connectivity index (χ2n) is 5.77. The predicted molar refractivity (Wildman–Crippen MR) is 102 cm³/mol. The number of hydrogen-bond acceptors (Lipinski definition) is 4. The van der Waals surface area contributed by atoms with Crippen molar-refractivity contribution in [3.05, 3.63) is 58.6 Å². The Morgan fingerprint density at radius 3 is 1.88 bits per heavy atom. The number of carbonyl (C=O) groups is 2. The molecule has 0 saturated carbocycles. The standard InChI is InChI=1S/C19H21BrN2O4/c1-12-6-4-8-16(10-12)25-13(2)18(23)21-22-19(24)14(3)26-17-9-5-7-15(20)11-17/h4-11,13-14H,1-3H3,(H,21,23)(H,22,24). The number of carbonyl (C=O) groups excluding carboxylic acids is 2. The minimum absolute atomic E-state index is 0.463. The van der Waals surface area contributed by atoms with Crippen LogP contribution in [0.4, 0.5) is 0 Å². The Kier molecular flexibility index (Phi) is 7.03. The van der Waals surface area contributed by atoms with Crippen LogP contribution < -0.4 is 20.3 Å². The maximum atomic E-state index is 12.1. The average molecular weight is 421 g/mol. The number of aryl methyl sites for hydroxylation is 1. The van der Waals surface area contributed by atoms with Gasteiger partial charge in [-0.15, -0.1) is 0 Å². The first-order chi connectivity index (χ1) is 12.3. The highest BCUT2D eigenvalue weighted by Crippen LogP contribution is 2.19. The summed E-state index contributed by atoms with van der Waals surface area (Å²) < 4.78 is 11.9. The molecule has 138 valence electrons. The molecule has 0 heterocycles. The van der Waals surface area contributed by atoms with Gasteiger partial charge in [0.1, 0.15) is 11.5 Å². The summed E-state index contributed by atoms with van der Waals surface area (Å²) in [6.07, 6.45) is -1.55. The monoisotopic (exact) mass is 420 g/mol. The molecule has 2 atom stereocenters. The lowest BCUT2D eigenvalue weighted by atomic mass is 10.2. The van der Waals surface area contributed by atoms with Crippen molar-refractivity contribution in [3.8, 4) is 11.5 Å². The number of halogens is 1. The van der Waals surface area contributed by atoms with Gasteiger partial charge in [-0.1, -0.05) is 34.1 Å². The van der Waals surface area contributed by atoms with Gasteiger partial charge >= 0.3 is 0 Å². The largest absolute Gasteiger partial charge is 0.481 e. The van der Waals surface area contributed by atoms with Crippen LogP contribution in [0.1, 0.15) is 19.4 Å². The van der Waals surface area contributed by atoms with Gasteiger partial charge in [0, 0.05) is 4.47 Å². The van der Waals surface area contributed by atoms with Gasteiger partial charge in [0.15, 0.2) is 12.2 Å². The number of ether oxygens (including phenoxy) is 2. The van der Waals surface area contributed by atoms with E-state index < -0.39 is 24.0 Å². The van der Waals surface area contributed by atoms with Gasteiger partial charge in [-0.05, 0) is 56.7 Å². The molecular formula is C19H21BrN2O4. The highest BCUT2D eigenvalue weighted by molar-refractivity contribution is 9.10. The summed E-state index contributed by atoms with van der Waals surface area (Å²) >= 11 is 3.33. The van der Waals surface area contributed by atoms with Crippen LogP contribution in [-0.2, 0) is 9.59 Å². The molecule has 0 fully saturated rings. The van der Waals surface area contributed by atoms with Crippen LogP contribution in [0, 0.1) is 6.92 Å². The summed E-state index contributed by atoms with van der Waals surface area (Å²) in [5, 5.41) is 0. The predicted octanol–water partition coefficient (Wildman–Crippen LogP) is 3.14. The summed E-state index contributed by atoms with van der Waals surface area (Å²) in [5.41, 5.74) is 5.71. The van der Waals surface area contributed by atoms with Crippen molar-refractivity contribution in [1.29, 1.82) is 0 Å². The van der Waals surface area contributed by atoms with Crippen molar-refractivity contribution in [1.82, 2.24) is 10.9 Å². The lowest BCUT2D eigenvalue weighted by Gasteiger charge is -2.18. The molecule has 0 saturated heterocycles. The van der Waals surface area contributed by atoms with Crippen LogP contribution in [0.3, 0.4) is 0 Å². The third kappa shape index (κ3) is 6.07. The van der Waals surface area contributed by atoms with Gasteiger partial charge in [0.05, 0.1) is 0 Å². The average Bonchev–Trinajstić information content (AvgIpc) is 2.59. The molecule has 0 bridgehead atoms. The summed E-state index contributed by atoms with van der Waals surface area (Å²) in [4.78, 5) is 24.1. The first kappa shape index (κ1) is 19.8. The molecule has 6 nitrogen and oxygen atoms in total. The van der Waals surface area contributed by atoms with Gasteiger partial charge in [0.2, 0.25) is 0 Å². The summed E-state index contributed by atoms with van der Waals surface area (Å²) in [5.74, 6) is 0.199. The van der Waals surface area contributed by atoms with Crippen LogP contribution in [0.2, 0.25) is 0 Å². The van der Waals surface area contributed by atoms with E-state index in [1.807, 2.05) is 31.2 Å². The van der Waals surface area contributed by atoms with Crippen LogP contribution in [0.15, 0.2) is 53.0 Å². The molecular weight excluding hydrogens is 400 g/mol. The fourth-order valence-electron chi connectivity index (χ4n) is 2.07. The van der Waals surface area contributed by atoms with E-state index in [0.717, 1.165) is 10.0 Å². The van der Waals surface area contributed by atoms with E-state index in [2.05, 4.69) is 26.8 Å². The molecule has 0 aliphatic heterocycles. The molecule has 0 radical (unpaired) electrons. The lowest BCUT2D eigenvalue weighted by Crippen LogP contribution is -2.50. The molecule has 0 aliphatic carbocycles. The number of rotatable bonds is 6. The Morgan fingerprint density at radius 2 is 1.38 bits per heavy atom. The van der Waals surface area contributed by atoms with E-state index in [1.54, 1.807) is 38.1 Å². The molecule has 2 aromatic rings.